The van der Waals surface area contributed by atoms with Crippen molar-refractivity contribution in [3.63, 3.8) is 0 Å². The van der Waals surface area contributed by atoms with Crippen molar-refractivity contribution in [3.8, 4) is 5.69 Å². The van der Waals surface area contributed by atoms with E-state index in [2.05, 4.69) is 5.10 Å². The number of aromatic amines is 1. The van der Waals surface area contributed by atoms with Crippen LogP contribution in [0.1, 0.15) is 36.3 Å². The van der Waals surface area contributed by atoms with Crippen LogP contribution >= 0.6 is 7.60 Å². The van der Waals surface area contributed by atoms with E-state index in [1.54, 1.807) is 20.8 Å². The number of nitrogens with one attached hydrogen (secondary N) is 1. The Morgan fingerprint density at radius 2 is 1.50 bits per heavy atom. The molecular weight excluding hydrogens is 375 g/mol. The highest BCUT2D eigenvalue weighted by Crippen LogP contribution is 2.63. The summed E-state index contributed by atoms with van der Waals surface area (Å²) in [5.41, 5.74) is 1.35. The Morgan fingerprint density at radius 1 is 0.964 bits per heavy atom. The van der Waals surface area contributed by atoms with Crippen LogP contribution in [0.25, 0.3) is 5.69 Å². The molecule has 0 bridgehead atoms. The zero-order chi connectivity index (χ0) is 20.1. The number of aryl methyl sites for hydroxylation is 1. The zero-order valence-corrected chi connectivity index (χ0v) is 17.2. The number of rotatable bonds is 8. The van der Waals surface area contributed by atoms with Crippen LogP contribution in [0.3, 0.4) is 0 Å². The summed E-state index contributed by atoms with van der Waals surface area (Å²) in [6.45, 7) is 5.77. The minimum atomic E-state index is -3.64. The van der Waals surface area contributed by atoms with Crippen LogP contribution in [-0.2, 0) is 13.6 Å². The maximum Gasteiger partial charge on any atom is 0.342 e. The summed E-state index contributed by atoms with van der Waals surface area (Å²) < 4.78 is 26.5. The third kappa shape index (κ3) is 3.90. The van der Waals surface area contributed by atoms with E-state index in [4.69, 9.17) is 9.05 Å². The summed E-state index contributed by atoms with van der Waals surface area (Å²) in [5.74, 6) is 0. The molecule has 0 radical (unpaired) electrons. The van der Waals surface area contributed by atoms with Gasteiger partial charge >= 0.3 is 7.60 Å². The van der Waals surface area contributed by atoms with Gasteiger partial charge in [0, 0.05) is 5.69 Å². The van der Waals surface area contributed by atoms with E-state index in [-0.39, 0.29) is 18.8 Å². The van der Waals surface area contributed by atoms with Crippen LogP contribution in [0.2, 0.25) is 0 Å². The minimum absolute atomic E-state index is 0.219. The number of H-pyrrole nitrogens is 1. The molecule has 0 aliphatic carbocycles. The number of nitrogens with zero attached hydrogens (tertiary/aromatic N) is 1. The van der Waals surface area contributed by atoms with Crippen LogP contribution in [0, 0.1) is 6.92 Å². The van der Waals surface area contributed by atoms with Gasteiger partial charge in [-0.25, -0.2) is 4.68 Å². The first-order valence-electron chi connectivity index (χ1n) is 9.32. The maximum absolute atomic E-state index is 13.8. The van der Waals surface area contributed by atoms with Gasteiger partial charge in [-0.05, 0) is 38.5 Å². The Hall–Kier alpha value is -2.40. The molecule has 0 spiro atoms. The molecule has 1 atom stereocenters. The van der Waals surface area contributed by atoms with Crippen LogP contribution in [0.5, 0.6) is 0 Å². The Bertz CT molecular complexity index is 1000. The number of aromatic nitrogens is 2. The van der Waals surface area contributed by atoms with E-state index in [1.165, 1.54) is 4.68 Å². The third-order valence-corrected chi connectivity index (χ3v) is 6.88. The first kappa shape index (κ1) is 20.3. The average Bonchev–Trinajstić information content (AvgIpc) is 2.99. The van der Waals surface area contributed by atoms with Gasteiger partial charge < -0.3 is 9.05 Å². The molecule has 0 amide bonds. The second-order valence-electron chi connectivity index (χ2n) is 6.32. The van der Waals surface area contributed by atoms with Crippen molar-refractivity contribution in [2.75, 3.05) is 13.2 Å². The van der Waals surface area contributed by atoms with Gasteiger partial charge in [-0.3, -0.25) is 14.5 Å². The van der Waals surface area contributed by atoms with Gasteiger partial charge in [0.05, 0.1) is 24.5 Å². The summed E-state index contributed by atoms with van der Waals surface area (Å²) in [4.78, 5) is 13.4. The fourth-order valence-electron chi connectivity index (χ4n) is 3.33. The van der Waals surface area contributed by atoms with Crippen molar-refractivity contribution in [2.24, 2.45) is 0 Å². The summed E-state index contributed by atoms with van der Waals surface area (Å²) in [7, 11) is -3.64. The van der Waals surface area contributed by atoms with Gasteiger partial charge in [0.2, 0.25) is 0 Å². The van der Waals surface area contributed by atoms with E-state index in [0.717, 1.165) is 0 Å². The van der Waals surface area contributed by atoms with Gasteiger partial charge in [0.25, 0.3) is 5.56 Å². The minimum Gasteiger partial charge on any atom is -0.308 e. The van der Waals surface area contributed by atoms with Crippen molar-refractivity contribution >= 4 is 7.60 Å². The number of hydrogen-bond donors (Lipinski definition) is 1. The number of para-hydroxylation sites is 1. The summed E-state index contributed by atoms with van der Waals surface area (Å²) in [6.07, 6.45) is 0. The molecule has 0 saturated carbocycles. The lowest BCUT2D eigenvalue weighted by Gasteiger charge is -2.26. The zero-order valence-electron chi connectivity index (χ0n) is 16.3. The highest BCUT2D eigenvalue weighted by molar-refractivity contribution is 7.54. The molecule has 0 fully saturated rings. The first-order chi connectivity index (χ1) is 13.5. The molecule has 1 N–H and O–H groups in total. The molecule has 0 aliphatic heterocycles. The average molecular weight is 400 g/mol. The molecule has 28 heavy (non-hydrogen) atoms. The second-order valence-corrected chi connectivity index (χ2v) is 8.43. The largest absolute Gasteiger partial charge is 0.342 e. The maximum atomic E-state index is 13.8. The van der Waals surface area contributed by atoms with Gasteiger partial charge in [-0.15, -0.1) is 0 Å². The van der Waals surface area contributed by atoms with Gasteiger partial charge in [0.15, 0.2) is 0 Å². The van der Waals surface area contributed by atoms with E-state index in [9.17, 15) is 9.36 Å². The lowest BCUT2D eigenvalue weighted by Crippen LogP contribution is -2.21. The summed E-state index contributed by atoms with van der Waals surface area (Å²) in [5, 5.41) is 3.11. The normalized spacial score (nSPS) is 12.8. The summed E-state index contributed by atoms with van der Waals surface area (Å²) >= 11 is 0. The van der Waals surface area contributed by atoms with Crippen molar-refractivity contribution in [3.05, 3.63) is 87.8 Å². The van der Waals surface area contributed by atoms with Crippen LogP contribution < -0.4 is 5.56 Å². The Kier molecular flexibility index (Phi) is 6.35. The van der Waals surface area contributed by atoms with Crippen molar-refractivity contribution in [1.82, 2.24) is 9.78 Å². The smallest absolute Gasteiger partial charge is 0.308 e. The fraction of sp³-hybridized carbons (Fsp3) is 0.286. The third-order valence-electron chi connectivity index (χ3n) is 4.45. The highest BCUT2D eigenvalue weighted by Gasteiger charge is 2.41. The standard InChI is InChI=1S/C21H25N2O4P/c1-4-26-28(25,27-5-2)20(17-12-8-6-9-13-17)19-16(3)22-23(21(19)24)18-14-10-7-11-15-18/h6-15,20,22H,4-5H2,1-3H3. The molecule has 7 heteroatoms. The monoisotopic (exact) mass is 400 g/mol. The lowest BCUT2D eigenvalue weighted by atomic mass is 10.1. The molecule has 148 valence electrons. The topological polar surface area (TPSA) is 73.3 Å². The predicted molar refractivity (Wildman–Crippen MR) is 110 cm³/mol. The Morgan fingerprint density at radius 3 is 2.04 bits per heavy atom. The molecule has 6 nitrogen and oxygen atoms in total. The summed E-state index contributed by atoms with van der Waals surface area (Å²) in [6, 6.07) is 18.5. The predicted octanol–water partition coefficient (Wildman–Crippen LogP) is 4.83. The van der Waals surface area contributed by atoms with Crippen molar-refractivity contribution < 1.29 is 13.6 Å². The second kappa shape index (κ2) is 8.74. The van der Waals surface area contributed by atoms with Crippen LogP contribution in [0.15, 0.2) is 65.5 Å². The highest BCUT2D eigenvalue weighted by atomic mass is 31.2. The molecule has 1 unspecified atom stereocenters. The SMILES string of the molecule is CCOP(=O)(OCC)C(c1ccccc1)c1c(C)[nH]n(-c2ccccc2)c1=O. The molecule has 3 rings (SSSR count). The van der Waals surface area contributed by atoms with E-state index in [1.807, 2.05) is 60.7 Å². The molecule has 1 aromatic heterocycles. The quantitative estimate of drug-likeness (QED) is 0.550. The van der Waals surface area contributed by atoms with Crippen molar-refractivity contribution in [1.29, 1.82) is 0 Å². The molecular formula is C21H25N2O4P. The number of hydrogen-bond acceptors (Lipinski definition) is 4. The molecule has 1 heterocycles. The molecule has 3 aromatic rings. The van der Waals surface area contributed by atoms with E-state index < -0.39 is 13.3 Å². The van der Waals surface area contributed by atoms with Gasteiger partial charge in [-0.2, -0.15) is 0 Å². The van der Waals surface area contributed by atoms with Crippen LogP contribution in [0.4, 0.5) is 0 Å². The fourth-order valence-corrected chi connectivity index (χ4v) is 5.58. The van der Waals surface area contributed by atoms with E-state index in [0.29, 0.717) is 22.5 Å². The van der Waals surface area contributed by atoms with Gasteiger partial charge in [0.1, 0.15) is 5.66 Å². The van der Waals surface area contributed by atoms with Crippen LogP contribution in [-0.4, -0.2) is 23.0 Å². The first-order valence-corrected chi connectivity index (χ1v) is 10.9. The molecule has 2 aromatic carbocycles. The molecule has 0 saturated heterocycles. The molecule has 0 aliphatic rings. The van der Waals surface area contributed by atoms with Crippen molar-refractivity contribution in [2.45, 2.75) is 26.4 Å². The van der Waals surface area contributed by atoms with E-state index >= 15 is 0 Å². The lowest BCUT2D eigenvalue weighted by molar-refractivity contribution is 0.215. The Labute approximate surface area is 164 Å². The Balaban J connectivity index is 2.24. The number of benzene rings is 2. The van der Waals surface area contributed by atoms with Gasteiger partial charge in [-0.1, -0.05) is 48.5 Å².